The number of hydrogen-bond donors (Lipinski definition) is 0. The number of halogens is 3. The summed E-state index contributed by atoms with van der Waals surface area (Å²) in [5.41, 5.74) is 0.0405. The van der Waals surface area contributed by atoms with Crippen LogP contribution in [0.3, 0.4) is 0 Å². The maximum Gasteiger partial charge on any atom is 0.491 e. The Kier molecular flexibility index (Phi) is 11.2. The molecule has 5 atom stereocenters. The second-order valence-corrected chi connectivity index (χ2v) is 10.6. The summed E-state index contributed by atoms with van der Waals surface area (Å²) >= 11 is 0. The van der Waals surface area contributed by atoms with Crippen LogP contribution in [0.2, 0.25) is 0 Å². The number of alkyl halides is 3. The molecular weight excluding hydrogens is 665 g/mol. The van der Waals surface area contributed by atoms with Crippen LogP contribution in [0.15, 0.2) is 121 Å². The summed E-state index contributed by atoms with van der Waals surface area (Å²) in [5.74, 6) is -6.75. The van der Waals surface area contributed by atoms with Gasteiger partial charge in [-0.3, -0.25) is 0 Å². The molecule has 1 aliphatic rings. The summed E-state index contributed by atoms with van der Waals surface area (Å²) in [6, 6.07) is 29.7. The number of ether oxygens (including phenoxy) is 6. The van der Waals surface area contributed by atoms with Gasteiger partial charge in [-0.05, 0) is 48.5 Å². The molecule has 0 radical (unpaired) electrons. The molecular formula is C36H27F3O11. The lowest BCUT2D eigenvalue weighted by atomic mass is 10.0. The van der Waals surface area contributed by atoms with Crippen LogP contribution < -0.4 is 0 Å². The number of esters is 5. The topological polar surface area (TPSA) is 141 Å². The summed E-state index contributed by atoms with van der Waals surface area (Å²) < 4.78 is 72.8. The zero-order chi connectivity index (χ0) is 35.7. The molecule has 1 aliphatic heterocycles. The smallest absolute Gasteiger partial charge is 0.458 e. The first-order valence-electron chi connectivity index (χ1n) is 14.9. The lowest BCUT2D eigenvalue weighted by Gasteiger charge is -2.28. The van der Waals surface area contributed by atoms with Crippen molar-refractivity contribution in [1.82, 2.24) is 0 Å². The van der Waals surface area contributed by atoms with Crippen LogP contribution in [0.5, 0.6) is 0 Å². The first-order valence-corrected chi connectivity index (χ1v) is 14.9. The summed E-state index contributed by atoms with van der Waals surface area (Å²) in [5, 5.41) is 0. The van der Waals surface area contributed by atoms with Crippen LogP contribution >= 0.6 is 0 Å². The third kappa shape index (κ3) is 8.90. The third-order valence-corrected chi connectivity index (χ3v) is 7.19. The zero-order valence-corrected chi connectivity index (χ0v) is 25.8. The van der Waals surface area contributed by atoms with E-state index in [-0.39, 0.29) is 22.3 Å². The van der Waals surface area contributed by atoms with Gasteiger partial charge in [0.2, 0.25) is 12.4 Å². The fourth-order valence-corrected chi connectivity index (χ4v) is 4.80. The van der Waals surface area contributed by atoms with Crippen LogP contribution in [0.4, 0.5) is 13.2 Å². The highest BCUT2D eigenvalue weighted by Crippen LogP contribution is 2.34. The van der Waals surface area contributed by atoms with Crippen molar-refractivity contribution in [2.24, 2.45) is 0 Å². The van der Waals surface area contributed by atoms with Crippen LogP contribution in [0.25, 0.3) is 0 Å². The van der Waals surface area contributed by atoms with Crippen molar-refractivity contribution in [2.45, 2.75) is 36.9 Å². The molecule has 0 aromatic heterocycles. The Morgan fingerprint density at radius 2 is 0.960 bits per heavy atom. The van der Waals surface area contributed by atoms with Gasteiger partial charge in [-0.15, -0.1) is 0 Å². The minimum absolute atomic E-state index is 0.0230. The maximum atomic E-state index is 13.4. The standard InChI is InChI=1S/C36H27F3O11/c37-36(38,39)35(44)50-34-29(48-33(43)25-19-11-4-12-20-25)28(47-32(42)24-17-9-3-10-18-24)27(49-34)26(46-31(41)23-15-7-2-8-16-23)21-45-30(40)22-13-5-1-6-14-22/h1-20,26-29,34H,21H2/t26-,27+,28+,29-,34+/m1/s1. The Morgan fingerprint density at radius 3 is 1.40 bits per heavy atom. The fourth-order valence-electron chi connectivity index (χ4n) is 4.80. The Balaban J connectivity index is 1.54. The fraction of sp³-hybridized carbons (Fsp3) is 0.194. The first-order chi connectivity index (χ1) is 24.0. The van der Waals surface area contributed by atoms with Gasteiger partial charge in [-0.25, -0.2) is 24.0 Å². The molecule has 5 rings (SSSR count). The van der Waals surface area contributed by atoms with Crippen LogP contribution in [-0.2, 0) is 33.2 Å². The van der Waals surface area contributed by atoms with E-state index in [1.165, 1.54) is 84.9 Å². The molecule has 1 fully saturated rings. The molecule has 50 heavy (non-hydrogen) atoms. The minimum atomic E-state index is -5.52. The minimum Gasteiger partial charge on any atom is -0.458 e. The Labute approximate surface area is 282 Å². The van der Waals surface area contributed by atoms with Crippen molar-refractivity contribution in [3.63, 3.8) is 0 Å². The number of hydrogen-bond acceptors (Lipinski definition) is 11. The first kappa shape index (κ1) is 35.3. The summed E-state index contributed by atoms with van der Waals surface area (Å²) in [7, 11) is 0. The van der Waals surface area contributed by atoms with Crippen molar-refractivity contribution in [2.75, 3.05) is 6.61 Å². The predicted octanol–water partition coefficient (Wildman–Crippen LogP) is 5.35. The molecule has 4 aromatic carbocycles. The van der Waals surface area contributed by atoms with Crippen molar-refractivity contribution in [1.29, 1.82) is 0 Å². The molecule has 0 saturated carbocycles. The number of carbonyl (C=O) groups is 5. The highest BCUT2D eigenvalue weighted by molar-refractivity contribution is 5.91. The molecule has 0 spiro atoms. The number of carbonyl (C=O) groups excluding carboxylic acids is 5. The van der Waals surface area contributed by atoms with Crippen molar-refractivity contribution in [3.8, 4) is 0 Å². The van der Waals surface area contributed by atoms with Gasteiger partial charge in [-0.1, -0.05) is 72.8 Å². The van der Waals surface area contributed by atoms with Gasteiger partial charge >= 0.3 is 36.0 Å². The molecule has 4 aromatic rings. The van der Waals surface area contributed by atoms with Gasteiger partial charge in [0.05, 0.1) is 22.3 Å². The molecule has 0 aliphatic carbocycles. The van der Waals surface area contributed by atoms with E-state index in [2.05, 4.69) is 4.74 Å². The van der Waals surface area contributed by atoms with Crippen LogP contribution in [0, 0.1) is 0 Å². The Hall–Kier alpha value is -6.02. The van der Waals surface area contributed by atoms with Crippen molar-refractivity contribution >= 4 is 29.8 Å². The van der Waals surface area contributed by atoms with E-state index in [0.29, 0.717) is 0 Å². The zero-order valence-electron chi connectivity index (χ0n) is 25.8. The van der Waals surface area contributed by atoms with E-state index in [4.69, 9.17) is 23.7 Å². The van der Waals surface area contributed by atoms with Gasteiger partial charge in [0.25, 0.3) is 0 Å². The average Bonchev–Trinajstić information content (AvgIpc) is 3.45. The van der Waals surface area contributed by atoms with Gasteiger partial charge in [0.15, 0.2) is 12.2 Å². The van der Waals surface area contributed by atoms with E-state index in [0.717, 1.165) is 0 Å². The van der Waals surface area contributed by atoms with Crippen LogP contribution in [-0.4, -0.2) is 73.3 Å². The highest BCUT2D eigenvalue weighted by Gasteiger charge is 2.57. The van der Waals surface area contributed by atoms with E-state index in [9.17, 15) is 37.1 Å². The SMILES string of the molecule is O=C(OC[C@@H](OC(=O)c1ccccc1)[C@@H]1O[C@@H](OC(=O)C(F)(F)F)[C@H](OC(=O)c2ccccc2)[C@H]1OC(=O)c1ccccc1)c1ccccc1. The maximum absolute atomic E-state index is 13.4. The third-order valence-electron chi connectivity index (χ3n) is 7.19. The quantitative estimate of drug-likeness (QED) is 0.148. The summed E-state index contributed by atoms with van der Waals surface area (Å²) in [4.78, 5) is 64.8. The Morgan fingerprint density at radius 1 is 0.560 bits per heavy atom. The average molecular weight is 693 g/mol. The molecule has 0 N–H and O–H groups in total. The molecule has 1 heterocycles. The van der Waals surface area contributed by atoms with E-state index in [1.54, 1.807) is 36.4 Å². The van der Waals surface area contributed by atoms with Gasteiger partial charge in [0, 0.05) is 0 Å². The lowest BCUT2D eigenvalue weighted by molar-refractivity contribution is -0.234. The van der Waals surface area contributed by atoms with E-state index >= 15 is 0 Å². The van der Waals surface area contributed by atoms with Crippen LogP contribution in [0.1, 0.15) is 41.4 Å². The molecule has 0 unspecified atom stereocenters. The predicted molar refractivity (Wildman–Crippen MR) is 164 cm³/mol. The van der Waals surface area contributed by atoms with E-state index < -0.39 is 73.3 Å². The molecule has 258 valence electrons. The number of benzene rings is 4. The van der Waals surface area contributed by atoms with Gasteiger partial charge < -0.3 is 28.4 Å². The normalized spacial score (nSPS) is 19.0. The van der Waals surface area contributed by atoms with Crippen molar-refractivity contribution < 1.29 is 65.6 Å². The summed E-state index contributed by atoms with van der Waals surface area (Å²) in [6.45, 7) is -0.796. The van der Waals surface area contributed by atoms with Gasteiger partial charge in [0.1, 0.15) is 12.7 Å². The summed E-state index contributed by atoms with van der Waals surface area (Å²) in [6.07, 6.45) is -15.4. The second-order valence-electron chi connectivity index (χ2n) is 10.6. The molecule has 11 nitrogen and oxygen atoms in total. The lowest BCUT2D eigenvalue weighted by Crippen LogP contribution is -2.47. The monoisotopic (exact) mass is 692 g/mol. The van der Waals surface area contributed by atoms with Gasteiger partial charge in [-0.2, -0.15) is 13.2 Å². The molecule has 1 saturated heterocycles. The highest BCUT2D eigenvalue weighted by atomic mass is 19.4. The molecule has 14 heteroatoms. The largest absolute Gasteiger partial charge is 0.491 e. The number of rotatable bonds is 11. The second kappa shape index (κ2) is 15.9. The molecule has 0 amide bonds. The molecule has 0 bridgehead atoms. The van der Waals surface area contributed by atoms with Crippen molar-refractivity contribution in [3.05, 3.63) is 144 Å². The van der Waals surface area contributed by atoms with E-state index in [1.807, 2.05) is 0 Å². The Bertz CT molecular complexity index is 1790.